The molecule has 0 spiro atoms. The highest BCUT2D eigenvalue weighted by Crippen LogP contribution is 2.18. The van der Waals surface area contributed by atoms with Crippen molar-refractivity contribution in [2.75, 3.05) is 25.0 Å². The lowest BCUT2D eigenvalue weighted by atomic mass is 10.2. The zero-order valence-electron chi connectivity index (χ0n) is 13.1. The van der Waals surface area contributed by atoms with E-state index in [4.69, 9.17) is 4.74 Å². The Morgan fingerprint density at radius 1 is 1.30 bits per heavy atom. The van der Waals surface area contributed by atoms with Gasteiger partial charge in [0.1, 0.15) is 12.1 Å². The summed E-state index contributed by atoms with van der Waals surface area (Å²) < 4.78 is 5.49. The third-order valence-corrected chi connectivity index (χ3v) is 3.97. The molecule has 3 rings (SSSR count). The molecule has 2 aromatic rings. The van der Waals surface area contributed by atoms with Crippen LogP contribution in [0.4, 0.5) is 5.82 Å². The van der Waals surface area contributed by atoms with Gasteiger partial charge in [-0.25, -0.2) is 9.97 Å². The summed E-state index contributed by atoms with van der Waals surface area (Å²) in [6.07, 6.45) is 5.15. The van der Waals surface area contributed by atoms with Gasteiger partial charge in [-0.05, 0) is 31.4 Å². The maximum atomic E-state index is 11.8. The third kappa shape index (κ3) is 4.39. The molecule has 23 heavy (non-hydrogen) atoms. The van der Waals surface area contributed by atoms with Crippen LogP contribution >= 0.6 is 0 Å². The van der Waals surface area contributed by atoms with Crippen LogP contribution in [0, 0.1) is 0 Å². The Bertz CT molecular complexity index is 651. The molecule has 1 saturated heterocycles. The molecule has 122 valence electrons. The van der Waals surface area contributed by atoms with E-state index < -0.39 is 0 Å². The fourth-order valence-corrected chi connectivity index (χ4v) is 2.72. The topological polar surface area (TPSA) is 76.1 Å². The largest absolute Gasteiger partial charge is 0.376 e. The predicted octanol–water partition coefficient (Wildman–Crippen LogP) is 2.12. The zero-order valence-corrected chi connectivity index (χ0v) is 13.1. The molecule has 0 saturated carbocycles. The van der Waals surface area contributed by atoms with Crippen LogP contribution in [0.2, 0.25) is 0 Å². The first-order chi connectivity index (χ1) is 11.3. The molecule has 1 amide bonds. The van der Waals surface area contributed by atoms with E-state index in [0.29, 0.717) is 19.5 Å². The first kappa shape index (κ1) is 15.7. The Balaban J connectivity index is 1.39. The number of rotatable bonds is 7. The third-order valence-electron chi connectivity index (χ3n) is 3.97. The van der Waals surface area contributed by atoms with E-state index in [1.54, 1.807) is 6.33 Å². The van der Waals surface area contributed by atoms with Gasteiger partial charge >= 0.3 is 0 Å². The molecule has 2 N–H and O–H groups in total. The average Bonchev–Trinajstić information content (AvgIpc) is 3.10. The molecule has 6 heteroatoms. The molecule has 0 bridgehead atoms. The van der Waals surface area contributed by atoms with Gasteiger partial charge in [-0.1, -0.05) is 12.1 Å². The number of benzene rings is 1. The lowest BCUT2D eigenvalue weighted by molar-refractivity contribution is -0.121. The van der Waals surface area contributed by atoms with E-state index in [1.165, 1.54) is 0 Å². The SMILES string of the molecule is O=C(CCCNc1ncnc2ccccc12)NCC1CCCO1. The number of fused-ring (bicyclic) bond motifs is 1. The highest BCUT2D eigenvalue weighted by atomic mass is 16.5. The first-order valence-electron chi connectivity index (χ1n) is 8.15. The van der Waals surface area contributed by atoms with Gasteiger partial charge in [0.2, 0.25) is 5.91 Å². The number of carbonyl (C=O) groups is 1. The first-order valence-corrected chi connectivity index (χ1v) is 8.15. The standard InChI is InChI=1S/C17H22N4O2/c22-16(19-11-13-5-4-10-23-13)8-3-9-18-17-14-6-1-2-7-15(14)20-12-21-17/h1-2,6-7,12-13H,3-5,8-11H2,(H,19,22)(H,18,20,21). The summed E-state index contributed by atoms with van der Waals surface area (Å²) >= 11 is 0. The van der Waals surface area contributed by atoms with Crippen LogP contribution in [0.25, 0.3) is 10.9 Å². The minimum absolute atomic E-state index is 0.0786. The molecular formula is C17H22N4O2. The van der Waals surface area contributed by atoms with Crippen molar-refractivity contribution in [2.24, 2.45) is 0 Å². The van der Waals surface area contributed by atoms with Crippen molar-refractivity contribution in [1.29, 1.82) is 0 Å². The Morgan fingerprint density at radius 3 is 3.09 bits per heavy atom. The number of aromatic nitrogens is 2. The molecule has 6 nitrogen and oxygen atoms in total. The van der Waals surface area contributed by atoms with Crippen molar-refractivity contribution in [2.45, 2.75) is 31.8 Å². The minimum atomic E-state index is 0.0786. The highest BCUT2D eigenvalue weighted by Gasteiger charge is 2.15. The van der Waals surface area contributed by atoms with Crippen LogP contribution in [0.5, 0.6) is 0 Å². The Morgan fingerprint density at radius 2 is 2.22 bits per heavy atom. The number of hydrogen-bond acceptors (Lipinski definition) is 5. The number of nitrogens with one attached hydrogen (secondary N) is 2. The molecule has 1 aliphatic rings. The zero-order chi connectivity index (χ0) is 15.9. The van der Waals surface area contributed by atoms with E-state index >= 15 is 0 Å². The summed E-state index contributed by atoms with van der Waals surface area (Å²) in [5, 5.41) is 7.22. The number of ether oxygens (including phenoxy) is 1. The number of carbonyl (C=O) groups excluding carboxylic acids is 1. The second kappa shape index (κ2) is 7.87. The molecule has 1 atom stereocenters. The van der Waals surface area contributed by atoms with Crippen LogP contribution in [0.1, 0.15) is 25.7 Å². The molecular weight excluding hydrogens is 292 g/mol. The van der Waals surface area contributed by atoms with Crippen LogP contribution in [-0.4, -0.2) is 41.7 Å². The van der Waals surface area contributed by atoms with Crippen LogP contribution in [0.3, 0.4) is 0 Å². The molecule has 0 radical (unpaired) electrons. The fraction of sp³-hybridized carbons (Fsp3) is 0.471. The lowest BCUT2D eigenvalue weighted by Gasteiger charge is -2.11. The molecule has 1 aliphatic heterocycles. The van der Waals surface area contributed by atoms with Crippen molar-refractivity contribution in [3.63, 3.8) is 0 Å². The molecule has 1 aromatic heterocycles. The average molecular weight is 314 g/mol. The van der Waals surface area contributed by atoms with Gasteiger partial charge in [0.25, 0.3) is 0 Å². The number of nitrogens with zero attached hydrogens (tertiary/aromatic N) is 2. The monoisotopic (exact) mass is 314 g/mol. The van der Waals surface area contributed by atoms with E-state index in [-0.39, 0.29) is 12.0 Å². The van der Waals surface area contributed by atoms with Gasteiger partial charge in [0, 0.05) is 31.5 Å². The molecule has 1 unspecified atom stereocenters. The molecule has 2 heterocycles. The van der Waals surface area contributed by atoms with Gasteiger partial charge in [0.15, 0.2) is 0 Å². The number of anilines is 1. The van der Waals surface area contributed by atoms with Crippen molar-refractivity contribution in [1.82, 2.24) is 15.3 Å². The van der Waals surface area contributed by atoms with Crippen LogP contribution in [0.15, 0.2) is 30.6 Å². The molecule has 1 fully saturated rings. The predicted molar refractivity (Wildman–Crippen MR) is 89.2 cm³/mol. The summed E-state index contributed by atoms with van der Waals surface area (Å²) in [6, 6.07) is 7.87. The molecule has 1 aromatic carbocycles. The van der Waals surface area contributed by atoms with E-state index in [1.807, 2.05) is 24.3 Å². The highest BCUT2D eigenvalue weighted by molar-refractivity contribution is 5.88. The fourth-order valence-electron chi connectivity index (χ4n) is 2.72. The lowest BCUT2D eigenvalue weighted by Crippen LogP contribution is -2.31. The van der Waals surface area contributed by atoms with E-state index in [2.05, 4.69) is 20.6 Å². The van der Waals surface area contributed by atoms with Crippen molar-refractivity contribution in [3.05, 3.63) is 30.6 Å². The summed E-state index contributed by atoms with van der Waals surface area (Å²) in [6.45, 7) is 2.15. The minimum Gasteiger partial charge on any atom is -0.376 e. The van der Waals surface area contributed by atoms with E-state index in [9.17, 15) is 4.79 Å². The smallest absolute Gasteiger partial charge is 0.220 e. The number of amides is 1. The van der Waals surface area contributed by atoms with Gasteiger partial charge < -0.3 is 15.4 Å². The van der Waals surface area contributed by atoms with Crippen molar-refractivity contribution < 1.29 is 9.53 Å². The summed E-state index contributed by atoms with van der Waals surface area (Å²) in [7, 11) is 0. The normalized spacial score (nSPS) is 17.3. The second-order valence-corrected chi connectivity index (χ2v) is 5.71. The van der Waals surface area contributed by atoms with Crippen LogP contribution in [-0.2, 0) is 9.53 Å². The summed E-state index contributed by atoms with van der Waals surface area (Å²) in [4.78, 5) is 20.3. The summed E-state index contributed by atoms with van der Waals surface area (Å²) in [5.74, 6) is 0.894. The maximum Gasteiger partial charge on any atom is 0.220 e. The number of para-hydroxylation sites is 1. The van der Waals surface area contributed by atoms with Gasteiger partial charge in [0.05, 0.1) is 11.6 Å². The van der Waals surface area contributed by atoms with Gasteiger partial charge in [-0.2, -0.15) is 0 Å². The van der Waals surface area contributed by atoms with E-state index in [0.717, 1.165) is 42.6 Å². The maximum absolute atomic E-state index is 11.8. The Hall–Kier alpha value is -2.21. The number of hydrogen-bond donors (Lipinski definition) is 2. The Kier molecular flexibility index (Phi) is 5.37. The quantitative estimate of drug-likeness (QED) is 0.766. The van der Waals surface area contributed by atoms with Crippen LogP contribution < -0.4 is 10.6 Å². The van der Waals surface area contributed by atoms with Crippen molar-refractivity contribution >= 4 is 22.6 Å². The van der Waals surface area contributed by atoms with Crippen molar-refractivity contribution in [3.8, 4) is 0 Å². The molecule has 0 aliphatic carbocycles. The summed E-state index contributed by atoms with van der Waals surface area (Å²) in [5.41, 5.74) is 0.916. The van der Waals surface area contributed by atoms with Gasteiger partial charge in [-0.15, -0.1) is 0 Å². The van der Waals surface area contributed by atoms with Gasteiger partial charge in [-0.3, -0.25) is 4.79 Å². The second-order valence-electron chi connectivity index (χ2n) is 5.71. The Labute approximate surface area is 135 Å².